The molecular formula is C12H10BrNO2. The molecule has 16 heavy (non-hydrogen) atoms. The number of benzene rings is 1. The van der Waals surface area contributed by atoms with E-state index in [1.165, 1.54) is 0 Å². The number of amides is 1. The van der Waals surface area contributed by atoms with E-state index in [1.54, 1.807) is 24.5 Å². The molecule has 3 nitrogen and oxygen atoms in total. The van der Waals surface area contributed by atoms with Gasteiger partial charge in [0.25, 0.3) is 5.91 Å². The highest BCUT2D eigenvalue weighted by Gasteiger charge is 2.05. The molecule has 0 aliphatic heterocycles. The van der Waals surface area contributed by atoms with Gasteiger partial charge >= 0.3 is 0 Å². The predicted molar refractivity (Wildman–Crippen MR) is 64.0 cm³/mol. The summed E-state index contributed by atoms with van der Waals surface area (Å²) in [6.45, 7) is 0.405. The Balaban J connectivity index is 1.95. The lowest BCUT2D eigenvalue weighted by Gasteiger charge is -2.03. The third-order valence-corrected chi connectivity index (χ3v) is 2.64. The van der Waals surface area contributed by atoms with Crippen LogP contribution in [0.4, 0.5) is 0 Å². The van der Waals surface area contributed by atoms with Crippen molar-refractivity contribution in [2.24, 2.45) is 0 Å². The summed E-state index contributed by atoms with van der Waals surface area (Å²) in [7, 11) is 0. The molecule has 0 radical (unpaired) electrons. The van der Waals surface area contributed by atoms with E-state index in [2.05, 4.69) is 21.2 Å². The molecule has 2 aromatic rings. The third-order valence-electron chi connectivity index (χ3n) is 2.11. The third kappa shape index (κ3) is 2.73. The Morgan fingerprint density at radius 3 is 2.62 bits per heavy atom. The molecule has 0 saturated carbocycles. The molecule has 0 bridgehead atoms. The van der Waals surface area contributed by atoms with Crippen LogP contribution in [-0.4, -0.2) is 5.91 Å². The van der Waals surface area contributed by atoms with Crippen LogP contribution >= 0.6 is 15.9 Å². The number of nitrogens with one attached hydrogen (secondary N) is 1. The minimum absolute atomic E-state index is 0.107. The smallest absolute Gasteiger partial charge is 0.251 e. The van der Waals surface area contributed by atoms with Gasteiger partial charge in [-0.15, -0.1) is 0 Å². The summed E-state index contributed by atoms with van der Waals surface area (Å²) < 4.78 is 6.07. The molecule has 0 fully saturated rings. The van der Waals surface area contributed by atoms with Crippen LogP contribution in [0.15, 0.2) is 51.6 Å². The standard InChI is InChI=1S/C12H10BrNO2/c13-10-5-3-9(4-6-10)12(15)14-8-11-2-1-7-16-11/h1-7H,8H2,(H,14,15). The zero-order valence-corrected chi connectivity index (χ0v) is 10.0. The summed E-state index contributed by atoms with van der Waals surface area (Å²) in [4.78, 5) is 11.7. The number of carbonyl (C=O) groups is 1. The minimum Gasteiger partial charge on any atom is -0.467 e. The molecule has 1 aromatic carbocycles. The monoisotopic (exact) mass is 279 g/mol. The molecule has 0 aliphatic carbocycles. The van der Waals surface area contributed by atoms with Gasteiger partial charge in [-0.3, -0.25) is 4.79 Å². The highest BCUT2D eigenvalue weighted by molar-refractivity contribution is 9.10. The van der Waals surface area contributed by atoms with Crippen LogP contribution in [0.2, 0.25) is 0 Å². The number of halogens is 1. The van der Waals surface area contributed by atoms with Gasteiger partial charge in [0.15, 0.2) is 0 Å². The minimum atomic E-state index is -0.107. The summed E-state index contributed by atoms with van der Waals surface area (Å²) in [6, 6.07) is 10.8. The Bertz CT molecular complexity index is 462. The lowest BCUT2D eigenvalue weighted by Crippen LogP contribution is -2.22. The summed E-state index contributed by atoms with van der Waals surface area (Å²) in [5, 5.41) is 2.77. The van der Waals surface area contributed by atoms with E-state index < -0.39 is 0 Å². The molecule has 1 aromatic heterocycles. The first-order valence-electron chi connectivity index (χ1n) is 4.82. The van der Waals surface area contributed by atoms with Crippen molar-refractivity contribution in [2.45, 2.75) is 6.54 Å². The second-order valence-corrected chi connectivity index (χ2v) is 4.18. The van der Waals surface area contributed by atoms with E-state index in [1.807, 2.05) is 18.2 Å². The van der Waals surface area contributed by atoms with Crippen molar-refractivity contribution >= 4 is 21.8 Å². The van der Waals surface area contributed by atoms with E-state index >= 15 is 0 Å². The van der Waals surface area contributed by atoms with Crippen molar-refractivity contribution in [1.29, 1.82) is 0 Å². The maximum atomic E-state index is 11.7. The fraction of sp³-hybridized carbons (Fsp3) is 0.0833. The van der Waals surface area contributed by atoms with Gasteiger partial charge in [-0.05, 0) is 36.4 Å². The van der Waals surface area contributed by atoms with Gasteiger partial charge in [-0.1, -0.05) is 15.9 Å². The molecule has 2 rings (SSSR count). The first-order valence-corrected chi connectivity index (χ1v) is 5.61. The van der Waals surface area contributed by atoms with Crippen LogP contribution in [0.5, 0.6) is 0 Å². The van der Waals surface area contributed by atoms with Gasteiger partial charge in [0.2, 0.25) is 0 Å². The Morgan fingerprint density at radius 1 is 1.25 bits per heavy atom. The van der Waals surface area contributed by atoms with Crippen molar-refractivity contribution < 1.29 is 9.21 Å². The molecule has 0 spiro atoms. The van der Waals surface area contributed by atoms with Crippen molar-refractivity contribution in [3.05, 3.63) is 58.5 Å². The molecule has 0 atom stereocenters. The molecule has 0 unspecified atom stereocenters. The van der Waals surface area contributed by atoms with Gasteiger partial charge in [0.05, 0.1) is 12.8 Å². The fourth-order valence-electron chi connectivity index (χ4n) is 1.28. The van der Waals surface area contributed by atoms with Gasteiger partial charge in [0.1, 0.15) is 5.76 Å². The maximum absolute atomic E-state index is 11.7. The number of hydrogen-bond acceptors (Lipinski definition) is 2. The molecule has 0 saturated heterocycles. The summed E-state index contributed by atoms with van der Waals surface area (Å²) in [5.41, 5.74) is 0.634. The Hall–Kier alpha value is -1.55. The van der Waals surface area contributed by atoms with E-state index in [-0.39, 0.29) is 5.91 Å². The largest absolute Gasteiger partial charge is 0.467 e. The molecule has 4 heteroatoms. The first kappa shape index (κ1) is 11.0. The molecular weight excluding hydrogens is 270 g/mol. The Labute approximate surface area is 102 Å². The van der Waals surface area contributed by atoms with Crippen molar-refractivity contribution in [3.63, 3.8) is 0 Å². The van der Waals surface area contributed by atoms with Crippen molar-refractivity contribution in [2.75, 3.05) is 0 Å². The average molecular weight is 280 g/mol. The number of furan rings is 1. The Kier molecular flexibility index (Phi) is 3.41. The van der Waals surface area contributed by atoms with Crippen LogP contribution in [0.3, 0.4) is 0 Å². The quantitative estimate of drug-likeness (QED) is 0.939. The molecule has 1 amide bonds. The maximum Gasteiger partial charge on any atom is 0.251 e. The van der Waals surface area contributed by atoms with Crippen molar-refractivity contribution in [1.82, 2.24) is 5.32 Å². The van der Waals surface area contributed by atoms with Crippen molar-refractivity contribution in [3.8, 4) is 0 Å². The zero-order chi connectivity index (χ0) is 11.4. The fourth-order valence-corrected chi connectivity index (χ4v) is 1.55. The van der Waals surface area contributed by atoms with Gasteiger partial charge in [0, 0.05) is 10.0 Å². The predicted octanol–water partition coefficient (Wildman–Crippen LogP) is 2.97. The van der Waals surface area contributed by atoms with E-state index in [4.69, 9.17) is 4.42 Å². The second-order valence-electron chi connectivity index (χ2n) is 3.27. The van der Waals surface area contributed by atoms with E-state index in [0.717, 1.165) is 10.2 Å². The highest BCUT2D eigenvalue weighted by atomic mass is 79.9. The summed E-state index contributed by atoms with van der Waals surface area (Å²) >= 11 is 3.32. The van der Waals surface area contributed by atoms with Crippen LogP contribution in [0.25, 0.3) is 0 Å². The van der Waals surface area contributed by atoms with E-state index in [0.29, 0.717) is 12.1 Å². The highest BCUT2D eigenvalue weighted by Crippen LogP contribution is 2.10. The van der Waals surface area contributed by atoms with Gasteiger partial charge in [-0.25, -0.2) is 0 Å². The van der Waals surface area contributed by atoms with Crippen LogP contribution < -0.4 is 5.32 Å². The zero-order valence-electron chi connectivity index (χ0n) is 8.44. The van der Waals surface area contributed by atoms with E-state index in [9.17, 15) is 4.79 Å². The molecule has 1 heterocycles. The summed E-state index contributed by atoms with van der Waals surface area (Å²) in [5.74, 6) is 0.634. The SMILES string of the molecule is O=C(NCc1ccco1)c1ccc(Br)cc1. The lowest BCUT2D eigenvalue weighted by atomic mass is 10.2. The molecule has 1 N–H and O–H groups in total. The van der Waals surface area contributed by atoms with Crippen LogP contribution in [0, 0.1) is 0 Å². The second kappa shape index (κ2) is 4.99. The summed E-state index contributed by atoms with van der Waals surface area (Å²) in [6.07, 6.45) is 1.58. The normalized spacial score (nSPS) is 10.1. The van der Waals surface area contributed by atoms with Gasteiger partial charge in [-0.2, -0.15) is 0 Å². The molecule has 82 valence electrons. The number of carbonyl (C=O) groups excluding carboxylic acids is 1. The van der Waals surface area contributed by atoms with Crippen LogP contribution in [-0.2, 0) is 6.54 Å². The van der Waals surface area contributed by atoms with Crippen LogP contribution in [0.1, 0.15) is 16.1 Å². The first-order chi connectivity index (χ1) is 7.75. The number of rotatable bonds is 3. The average Bonchev–Trinajstić information content (AvgIpc) is 2.80. The number of hydrogen-bond donors (Lipinski definition) is 1. The lowest BCUT2D eigenvalue weighted by molar-refractivity contribution is 0.0948. The topological polar surface area (TPSA) is 42.2 Å². The molecule has 0 aliphatic rings. The van der Waals surface area contributed by atoms with Gasteiger partial charge < -0.3 is 9.73 Å². The Morgan fingerprint density at radius 2 is 2.00 bits per heavy atom.